The van der Waals surface area contributed by atoms with Gasteiger partial charge in [0.15, 0.2) is 0 Å². The third-order valence-corrected chi connectivity index (χ3v) is 4.33. The lowest BCUT2D eigenvalue weighted by Gasteiger charge is -2.33. The molecule has 1 aliphatic rings. The van der Waals surface area contributed by atoms with Crippen LogP contribution in [0.1, 0.15) is 19.0 Å². The number of pyridine rings is 1. The molecule has 96 valence electrons. The van der Waals surface area contributed by atoms with E-state index >= 15 is 0 Å². The Morgan fingerprint density at radius 3 is 3.11 bits per heavy atom. The summed E-state index contributed by atoms with van der Waals surface area (Å²) in [7, 11) is 0. The molecule has 0 spiro atoms. The molecule has 0 radical (unpaired) electrons. The molecule has 0 aliphatic carbocycles. The van der Waals surface area contributed by atoms with Gasteiger partial charge in [-0.05, 0) is 31.0 Å². The lowest BCUT2D eigenvalue weighted by molar-refractivity contribution is 0.178. The van der Waals surface area contributed by atoms with Gasteiger partial charge in [0, 0.05) is 30.9 Å². The standard InChI is InChI=1S/C14H18ClN3/c1-11-8-17(7-5-13(11)15)9-12-10-18-6-3-2-4-14(18)16-12/h2-4,6,10-11,13H,5,7-9H2,1H3. The number of nitrogens with zero attached hydrogens (tertiary/aromatic N) is 3. The van der Waals surface area contributed by atoms with Crippen molar-refractivity contribution in [3.8, 4) is 0 Å². The van der Waals surface area contributed by atoms with E-state index in [1.807, 2.05) is 24.4 Å². The first kappa shape index (κ1) is 12.0. The third-order valence-electron chi connectivity index (χ3n) is 3.68. The Balaban J connectivity index is 1.72. The quantitative estimate of drug-likeness (QED) is 0.777. The van der Waals surface area contributed by atoms with E-state index in [-0.39, 0.29) is 0 Å². The number of halogens is 1. The summed E-state index contributed by atoms with van der Waals surface area (Å²) in [6.45, 7) is 5.30. The Labute approximate surface area is 112 Å². The summed E-state index contributed by atoms with van der Waals surface area (Å²) in [5.74, 6) is 0.567. The van der Waals surface area contributed by atoms with Gasteiger partial charge in [-0.2, -0.15) is 0 Å². The molecule has 1 fully saturated rings. The average molecular weight is 264 g/mol. The minimum absolute atomic E-state index is 0.335. The first-order valence-corrected chi connectivity index (χ1v) is 6.95. The number of alkyl halides is 1. The minimum Gasteiger partial charge on any atom is -0.307 e. The summed E-state index contributed by atoms with van der Waals surface area (Å²) in [4.78, 5) is 7.09. The monoisotopic (exact) mass is 263 g/mol. The number of rotatable bonds is 2. The van der Waals surface area contributed by atoms with Gasteiger partial charge in [-0.3, -0.25) is 4.90 Å². The highest BCUT2D eigenvalue weighted by Gasteiger charge is 2.24. The van der Waals surface area contributed by atoms with Gasteiger partial charge in [0.2, 0.25) is 0 Å². The predicted molar refractivity (Wildman–Crippen MR) is 73.9 cm³/mol. The van der Waals surface area contributed by atoms with Gasteiger partial charge in [-0.1, -0.05) is 13.0 Å². The molecule has 2 atom stereocenters. The van der Waals surface area contributed by atoms with Crippen LogP contribution < -0.4 is 0 Å². The Morgan fingerprint density at radius 2 is 2.33 bits per heavy atom. The summed E-state index contributed by atoms with van der Waals surface area (Å²) in [6.07, 6.45) is 5.24. The molecule has 2 aromatic heterocycles. The number of aromatic nitrogens is 2. The summed E-state index contributed by atoms with van der Waals surface area (Å²) in [5.41, 5.74) is 2.16. The number of hydrogen-bond donors (Lipinski definition) is 0. The molecule has 1 saturated heterocycles. The van der Waals surface area contributed by atoms with Crippen molar-refractivity contribution in [2.45, 2.75) is 25.3 Å². The fourth-order valence-corrected chi connectivity index (χ4v) is 2.82. The average Bonchev–Trinajstić information content (AvgIpc) is 2.76. The van der Waals surface area contributed by atoms with E-state index in [0.717, 1.165) is 37.4 Å². The number of hydrogen-bond acceptors (Lipinski definition) is 2. The summed E-state index contributed by atoms with van der Waals surface area (Å²) in [5, 5.41) is 0.335. The van der Waals surface area contributed by atoms with Crippen molar-refractivity contribution in [3.63, 3.8) is 0 Å². The van der Waals surface area contributed by atoms with E-state index in [9.17, 15) is 0 Å². The van der Waals surface area contributed by atoms with Crippen LogP contribution in [0.5, 0.6) is 0 Å². The molecule has 0 bridgehead atoms. The van der Waals surface area contributed by atoms with Crippen molar-refractivity contribution in [2.75, 3.05) is 13.1 Å². The zero-order chi connectivity index (χ0) is 12.5. The molecule has 4 heteroatoms. The zero-order valence-corrected chi connectivity index (χ0v) is 11.3. The Kier molecular flexibility index (Phi) is 3.27. The normalized spacial score (nSPS) is 25.7. The Bertz CT molecular complexity index is 504. The SMILES string of the molecule is CC1CN(Cc2cn3ccccc3n2)CCC1Cl. The van der Waals surface area contributed by atoms with Crippen LogP contribution in [0.25, 0.3) is 5.65 Å². The lowest BCUT2D eigenvalue weighted by Crippen LogP contribution is -2.39. The van der Waals surface area contributed by atoms with Crippen molar-refractivity contribution in [1.29, 1.82) is 0 Å². The van der Waals surface area contributed by atoms with E-state index < -0.39 is 0 Å². The second kappa shape index (κ2) is 4.90. The highest BCUT2D eigenvalue weighted by Crippen LogP contribution is 2.22. The van der Waals surface area contributed by atoms with Gasteiger partial charge in [-0.15, -0.1) is 11.6 Å². The summed E-state index contributed by atoms with van der Waals surface area (Å²) in [6, 6.07) is 6.09. The maximum Gasteiger partial charge on any atom is 0.137 e. The molecule has 2 unspecified atom stereocenters. The minimum atomic E-state index is 0.335. The van der Waals surface area contributed by atoms with Crippen molar-refractivity contribution >= 4 is 17.2 Å². The summed E-state index contributed by atoms with van der Waals surface area (Å²) >= 11 is 6.25. The second-order valence-corrected chi connectivity index (χ2v) is 5.78. The molecule has 3 heterocycles. The van der Waals surface area contributed by atoms with Gasteiger partial charge < -0.3 is 4.40 Å². The van der Waals surface area contributed by atoms with E-state index in [1.54, 1.807) is 0 Å². The molecule has 0 amide bonds. The maximum absolute atomic E-state index is 6.25. The van der Waals surface area contributed by atoms with Crippen LogP contribution >= 0.6 is 11.6 Å². The molecule has 0 saturated carbocycles. The summed E-state index contributed by atoms with van der Waals surface area (Å²) < 4.78 is 2.08. The smallest absolute Gasteiger partial charge is 0.137 e. The Morgan fingerprint density at radius 1 is 1.44 bits per heavy atom. The molecular formula is C14H18ClN3. The molecule has 0 aromatic carbocycles. The second-order valence-electron chi connectivity index (χ2n) is 5.22. The fourth-order valence-electron chi connectivity index (χ4n) is 2.64. The first-order valence-electron chi connectivity index (χ1n) is 6.51. The number of piperidine rings is 1. The Hall–Kier alpha value is -1.06. The molecule has 3 rings (SSSR count). The van der Waals surface area contributed by atoms with Gasteiger partial charge >= 0.3 is 0 Å². The van der Waals surface area contributed by atoms with E-state index in [2.05, 4.69) is 27.4 Å². The first-order chi connectivity index (χ1) is 8.72. The van der Waals surface area contributed by atoms with Gasteiger partial charge in [-0.25, -0.2) is 4.98 Å². The van der Waals surface area contributed by atoms with Gasteiger partial charge in [0.25, 0.3) is 0 Å². The maximum atomic E-state index is 6.25. The van der Waals surface area contributed by atoms with Crippen LogP contribution in [0.3, 0.4) is 0 Å². The van der Waals surface area contributed by atoms with Gasteiger partial charge in [0.1, 0.15) is 5.65 Å². The van der Waals surface area contributed by atoms with E-state index in [4.69, 9.17) is 11.6 Å². The lowest BCUT2D eigenvalue weighted by atomic mass is 9.99. The van der Waals surface area contributed by atoms with E-state index in [1.165, 1.54) is 0 Å². The zero-order valence-electron chi connectivity index (χ0n) is 10.6. The number of fused-ring (bicyclic) bond motifs is 1. The molecule has 0 N–H and O–H groups in total. The molecular weight excluding hydrogens is 246 g/mol. The van der Waals surface area contributed by atoms with Crippen LogP contribution in [0.2, 0.25) is 0 Å². The molecule has 3 nitrogen and oxygen atoms in total. The van der Waals surface area contributed by atoms with Crippen molar-refractivity contribution in [1.82, 2.24) is 14.3 Å². The largest absolute Gasteiger partial charge is 0.307 e. The van der Waals surface area contributed by atoms with Crippen LogP contribution in [0, 0.1) is 5.92 Å². The highest BCUT2D eigenvalue weighted by atomic mass is 35.5. The fraction of sp³-hybridized carbons (Fsp3) is 0.500. The third kappa shape index (κ3) is 2.38. The topological polar surface area (TPSA) is 20.5 Å². The molecule has 1 aliphatic heterocycles. The van der Waals surface area contributed by atoms with Gasteiger partial charge in [0.05, 0.1) is 5.69 Å². The van der Waals surface area contributed by atoms with Crippen LogP contribution in [-0.4, -0.2) is 32.8 Å². The number of imidazole rings is 1. The van der Waals surface area contributed by atoms with Crippen LogP contribution in [-0.2, 0) is 6.54 Å². The van der Waals surface area contributed by atoms with E-state index in [0.29, 0.717) is 11.3 Å². The highest BCUT2D eigenvalue weighted by molar-refractivity contribution is 6.20. The van der Waals surface area contributed by atoms with Crippen molar-refractivity contribution in [2.24, 2.45) is 5.92 Å². The number of likely N-dealkylation sites (tertiary alicyclic amines) is 1. The van der Waals surface area contributed by atoms with Crippen molar-refractivity contribution in [3.05, 3.63) is 36.3 Å². The predicted octanol–water partition coefficient (Wildman–Crippen LogP) is 2.78. The molecule has 18 heavy (non-hydrogen) atoms. The van der Waals surface area contributed by atoms with Crippen LogP contribution in [0.4, 0.5) is 0 Å². The molecule has 2 aromatic rings. The van der Waals surface area contributed by atoms with Crippen LogP contribution in [0.15, 0.2) is 30.6 Å². The van der Waals surface area contributed by atoms with Crippen molar-refractivity contribution < 1.29 is 0 Å².